The van der Waals surface area contributed by atoms with Gasteiger partial charge in [0.25, 0.3) is 0 Å². The van der Waals surface area contributed by atoms with Crippen molar-refractivity contribution in [3.05, 3.63) is 63.4 Å². The first-order valence-electron chi connectivity index (χ1n) is 6.24. The number of hydrogen-bond donors (Lipinski definition) is 1. The Bertz CT molecular complexity index is 617. The molecule has 0 aliphatic carbocycles. The molecule has 0 fully saturated rings. The van der Waals surface area contributed by atoms with E-state index in [4.69, 9.17) is 0 Å². The summed E-state index contributed by atoms with van der Waals surface area (Å²) in [5, 5.41) is 3.11. The lowest BCUT2D eigenvalue weighted by molar-refractivity contribution is 0.511. The molecule has 0 aliphatic heterocycles. The summed E-state index contributed by atoms with van der Waals surface area (Å²) >= 11 is 3.09. The fourth-order valence-corrected chi connectivity index (χ4v) is 2.57. The van der Waals surface area contributed by atoms with E-state index in [0.29, 0.717) is 0 Å². The predicted molar refractivity (Wildman–Crippen MR) is 78.5 cm³/mol. The zero-order valence-electron chi connectivity index (χ0n) is 11.3. The Hall–Kier alpha value is -1.33. The lowest BCUT2D eigenvalue weighted by Gasteiger charge is -2.19. The Morgan fingerprint density at radius 1 is 1.30 bits per heavy atom. The normalized spacial score (nSPS) is 12.4. The van der Waals surface area contributed by atoms with Crippen molar-refractivity contribution in [3.63, 3.8) is 0 Å². The summed E-state index contributed by atoms with van der Waals surface area (Å²) in [6, 6.07) is 4.34. The van der Waals surface area contributed by atoms with Crippen molar-refractivity contribution in [2.45, 2.75) is 19.4 Å². The van der Waals surface area contributed by atoms with Crippen LogP contribution in [0.3, 0.4) is 0 Å². The van der Waals surface area contributed by atoms with E-state index in [9.17, 15) is 8.78 Å². The van der Waals surface area contributed by atoms with Gasteiger partial charge < -0.3 is 5.32 Å². The molecule has 1 heterocycles. The molecule has 1 atom stereocenters. The van der Waals surface area contributed by atoms with E-state index in [1.54, 1.807) is 19.4 Å². The first-order valence-corrected chi connectivity index (χ1v) is 7.04. The summed E-state index contributed by atoms with van der Waals surface area (Å²) < 4.78 is 28.2. The number of likely N-dealkylation sites (N-methyl/N-ethyl adjacent to an activating group) is 1. The lowest BCUT2D eigenvalue weighted by atomic mass is 9.96. The molecule has 0 saturated heterocycles. The largest absolute Gasteiger partial charge is 0.313 e. The maximum atomic E-state index is 14.0. The van der Waals surface area contributed by atoms with Crippen molar-refractivity contribution in [1.82, 2.24) is 10.3 Å². The fourth-order valence-electron chi connectivity index (χ4n) is 2.20. The van der Waals surface area contributed by atoms with Crippen LogP contribution in [0.2, 0.25) is 0 Å². The highest BCUT2D eigenvalue weighted by Crippen LogP contribution is 2.27. The van der Waals surface area contributed by atoms with Crippen LogP contribution in [0.25, 0.3) is 0 Å². The summed E-state index contributed by atoms with van der Waals surface area (Å²) in [5.41, 5.74) is 2.05. The van der Waals surface area contributed by atoms with Crippen LogP contribution in [-0.2, 0) is 6.42 Å². The third kappa shape index (κ3) is 3.04. The van der Waals surface area contributed by atoms with Gasteiger partial charge in [-0.05, 0) is 65.6 Å². The second kappa shape index (κ2) is 6.41. The summed E-state index contributed by atoms with van der Waals surface area (Å²) in [4.78, 5) is 4.03. The van der Waals surface area contributed by atoms with Crippen LogP contribution < -0.4 is 5.32 Å². The molecular weight excluding hydrogens is 326 g/mol. The summed E-state index contributed by atoms with van der Waals surface area (Å²) in [6.45, 7) is 1.93. The van der Waals surface area contributed by atoms with Gasteiger partial charge in [0.05, 0.1) is 4.47 Å². The zero-order chi connectivity index (χ0) is 14.7. The van der Waals surface area contributed by atoms with E-state index < -0.39 is 11.6 Å². The minimum absolute atomic E-state index is 0.0786. The maximum Gasteiger partial charge on any atom is 0.143 e. The predicted octanol–water partition coefficient (Wildman–Crippen LogP) is 3.93. The van der Waals surface area contributed by atoms with Gasteiger partial charge in [-0.15, -0.1) is 0 Å². The summed E-state index contributed by atoms with van der Waals surface area (Å²) in [5.74, 6) is -1.07. The van der Waals surface area contributed by atoms with Crippen molar-refractivity contribution >= 4 is 15.9 Å². The number of rotatable bonds is 4. The van der Waals surface area contributed by atoms with Crippen LogP contribution in [0.1, 0.15) is 22.7 Å². The monoisotopic (exact) mass is 340 g/mol. The van der Waals surface area contributed by atoms with Crippen LogP contribution in [0.5, 0.6) is 0 Å². The van der Waals surface area contributed by atoms with Crippen molar-refractivity contribution in [1.29, 1.82) is 0 Å². The van der Waals surface area contributed by atoms with Gasteiger partial charge in [0.1, 0.15) is 11.6 Å². The molecule has 0 spiro atoms. The number of pyridine rings is 1. The first-order chi connectivity index (χ1) is 9.54. The van der Waals surface area contributed by atoms with Gasteiger partial charge in [-0.3, -0.25) is 4.98 Å². The van der Waals surface area contributed by atoms with E-state index in [1.165, 1.54) is 12.1 Å². The Morgan fingerprint density at radius 2 is 2.05 bits per heavy atom. The number of aromatic nitrogens is 1. The molecule has 0 bridgehead atoms. The molecule has 0 aliphatic rings. The highest BCUT2D eigenvalue weighted by atomic mass is 79.9. The first kappa shape index (κ1) is 15.1. The van der Waals surface area contributed by atoms with Crippen molar-refractivity contribution in [2.24, 2.45) is 0 Å². The number of benzene rings is 1. The topological polar surface area (TPSA) is 24.9 Å². The van der Waals surface area contributed by atoms with Crippen molar-refractivity contribution < 1.29 is 8.78 Å². The number of hydrogen-bond acceptors (Lipinski definition) is 2. The van der Waals surface area contributed by atoms with Gasteiger partial charge in [-0.1, -0.05) is 0 Å². The molecule has 0 radical (unpaired) electrons. The van der Waals surface area contributed by atoms with E-state index in [1.807, 2.05) is 13.0 Å². The average Bonchev–Trinajstić information content (AvgIpc) is 2.45. The lowest BCUT2D eigenvalue weighted by Crippen LogP contribution is -2.21. The Morgan fingerprint density at radius 3 is 2.70 bits per heavy atom. The summed E-state index contributed by atoms with van der Waals surface area (Å²) in [7, 11) is 1.78. The third-order valence-corrected chi connectivity index (χ3v) is 3.95. The molecule has 1 unspecified atom stereocenters. The second-order valence-corrected chi connectivity index (χ2v) is 5.45. The SMILES string of the molecule is CNC(Cc1c(F)ccc(Br)c1F)c1ccncc1C. The van der Waals surface area contributed by atoms with E-state index in [2.05, 4.69) is 26.2 Å². The average molecular weight is 341 g/mol. The maximum absolute atomic E-state index is 14.0. The van der Waals surface area contributed by atoms with Crippen LogP contribution in [0, 0.1) is 18.6 Å². The minimum atomic E-state index is -0.544. The van der Waals surface area contributed by atoms with Crippen molar-refractivity contribution in [3.8, 4) is 0 Å². The van der Waals surface area contributed by atoms with E-state index in [0.717, 1.165) is 11.1 Å². The smallest absolute Gasteiger partial charge is 0.143 e. The highest BCUT2D eigenvalue weighted by molar-refractivity contribution is 9.10. The molecule has 20 heavy (non-hydrogen) atoms. The zero-order valence-corrected chi connectivity index (χ0v) is 12.8. The van der Waals surface area contributed by atoms with Crippen molar-refractivity contribution in [2.75, 3.05) is 7.05 Å². The fraction of sp³-hybridized carbons (Fsp3) is 0.267. The molecule has 2 rings (SSSR count). The molecule has 1 aromatic carbocycles. The van der Waals surface area contributed by atoms with E-state index >= 15 is 0 Å². The number of aryl methyl sites for hydroxylation is 1. The van der Waals surface area contributed by atoms with Gasteiger partial charge >= 0.3 is 0 Å². The van der Waals surface area contributed by atoms with Crippen LogP contribution >= 0.6 is 15.9 Å². The molecule has 1 aromatic heterocycles. The van der Waals surface area contributed by atoms with Crippen LogP contribution in [0.4, 0.5) is 8.78 Å². The van der Waals surface area contributed by atoms with Gasteiger partial charge in [-0.25, -0.2) is 8.78 Å². The Kier molecular flexibility index (Phi) is 4.83. The van der Waals surface area contributed by atoms with Crippen LogP contribution in [-0.4, -0.2) is 12.0 Å². The van der Waals surface area contributed by atoms with Gasteiger partial charge in [0, 0.05) is 24.0 Å². The molecule has 5 heteroatoms. The quantitative estimate of drug-likeness (QED) is 0.853. The number of nitrogens with one attached hydrogen (secondary N) is 1. The Labute approximate surface area is 125 Å². The third-order valence-electron chi connectivity index (χ3n) is 3.33. The molecule has 2 aromatic rings. The molecule has 0 amide bonds. The minimum Gasteiger partial charge on any atom is -0.313 e. The molecule has 106 valence electrons. The second-order valence-electron chi connectivity index (χ2n) is 4.60. The molecular formula is C15H15BrF2N2. The van der Waals surface area contributed by atoms with Gasteiger partial charge in [0.2, 0.25) is 0 Å². The Balaban J connectivity index is 2.37. The van der Waals surface area contributed by atoms with Crippen LogP contribution in [0.15, 0.2) is 35.1 Å². The molecule has 2 nitrogen and oxygen atoms in total. The standard InChI is InChI=1S/C15H15BrF2N2/c1-9-8-20-6-5-10(9)14(19-2)7-11-13(17)4-3-12(16)15(11)18/h3-6,8,14,19H,7H2,1-2H3. The number of nitrogens with zero attached hydrogens (tertiary/aromatic N) is 1. The van der Waals surface area contributed by atoms with E-state index in [-0.39, 0.29) is 22.5 Å². The van der Waals surface area contributed by atoms with Gasteiger partial charge in [0.15, 0.2) is 0 Å². The summed E-state index contributed by atoms with van der Waals surface area (Å²) in [6.07, 6.45) is 3.66. The highest BCUT2D eigenvalue weighted by Gasteiger charge is 2.19. The number of halogens is 3. The molecule has 0 saturated carbocycles. The van der Waals surface area contributed by atoms with Gasteiger partial charge in [-0.2, -0.15) is 0 Å². The molecule has 1 N–H and O–H groups in total.